The van der Waals surface area contributed by atoms with E-state index in [1.807, 2.05) is 30.3 Å². The molecule has 3 heteroatoms. The number of fused-ring (bicyclic) bond motifs is 1. The molecule has 0 fully saturated rings. The predicted molar refractivity (Wildman–Crippen MR) is 90.1 cm³/mol. The molecule has 0 radical (unpaired) electrons. The highest BCUT2D eigenvalue weighted by molar-refractivity contribution is 5.90. The van der Waals surface area contributed by atoms with Crippen molar-refractivity contribution in [3.05, 3.63) is 65.2 Å². The Morgan fingerprint density at radius 1 is 1.14 bits per heavy atom. The second-order valence-electron chi connectivity index (χ2n) is 5.75. The lowest BCUT2D eigenvalue weighted by atomic mass is 9.88. The van der Waals surface area contributed by atoms with Gasteiger partial charge in [-0.25, -0.2) is 4.79 Å². The Kier molecular flexibility index (Phi) is 4.42. The van der Waals surface area contributed by atoms with Crippen molar-refractivity contribution in [1.82, 2.24) is 5.32 Å². The number of hydrogen-bond donors (Lipinski definition) is 2. The van der Waals surface area contributed by atoms with E-state index in [4.69, 9.17) is 0 Å². The molecule has 3 nitrogen and oxygen atoms in total. The highest BCUT2D eigenvalue weighted by atomic mass is 16.2. The third-order valence-electron chi connectivity index (χ3n) is 4.32. The van der Waals surface area contributed by atoms with E-state index >= 15 is 0 Å². The molecule has 0 aromatic heterocycles. The number of nitrogens with one attached hydrogen (secondary N) is 2. The molecule has 2 aromatic carbocycles. The summed E-state index contributed by atoms with van der Waals surface area (Å²) in [7, 11) is 0. The SMILES string of the molecule is CCc1ccccc1NC(=O)N[C@@H]1CCCc2ccccc21. The Morgan fingerprint density at radius 3 is 2.77 bits per heavy atom. The van der Waals surface area contributed by atoms with Gasteiger partial charge in [-0.2, -0.15) is 0 Å². The molecule has 1 aliphatic rings. The molecule has 1 aliphatic carbocycles. The quantitative estimate of drug-likeness (QED) is 0.863. The minimum absolute atomic E-state index is 0.110. The van der Waals surface area contributed by atoms with Gasteiger partial charge in [-0.1, -0.05) is 49.4 Å². The maximum atomic E-state index is 12.3. The van der Waals surface area contributed by atoms with Gasteiger partial charge in [0, 0.05) is 5.69 Å². The summed E-state index contributed by atoms with van der Waals surface area (Å²) >= 11 is 0. The highest BCUT2D eigenvalue weighted by Gasteiger charge is 2.21. The molecule has 2 amide bonds. The van der Waals surface area contributed by atoms with Gasteiger partial charge < -0.3 is 10.6 Å². The summed E-state index contributed by atoms with van der Waals surface area (Å²) in [4.78, 5) is 12.3. The molecule has 0 unspecified atom stereocenters. The molecule has 0 saturated carbocycles. The van der Waals surface area contributed by atoms with Gasteiger partial charge in [-0.15, -0.1) is 0 Å². The van der Waals surface area contributed by atoms with Crippen molar-refractivity contribution in [3.63, 3.8) is 0 Å². The minimum atomic E-state index is -0.123. The smallest absolute Gasteiger partial charge is 0.319 e. The summed E-state index contributed by atoms with van der Waals surface area (Å²) in [5.74, 6) is 0. The van der Waals surface area contributed by atoms with E-state index in [9.17, 15) is 4.79 Å². The van der Waals surface area contributed by atoms with Crippen LogP contribution in [0.5, 0.6) is 0 Å². The third-order valence-corrected chi connectivity index (χ3v) is 4.32. The summed E-state index contributed by atoms with van der Waals surface area (Å²) in [6, 6.07) is 16.3. The first kappa shape index (κ1) is 14.6. The van der Waals surface area contributed by atoms with Crippen molar-refractivity contribution in [3.8, 4) is 0 Å². The van der Waals surface area contributed by atoms with Gasteiger partial charge in [0.1, 0.15) is 0 Å². The van der Waals surface area contributed by atoms with Crippen LogP contribution in [0, 0.1) is 0 Å². The summed E-state index contributed by atoms with van der Waals surface area (Å²) in [5.41, 5.74) is 4.66. The van der Waals surface area contributed by atoms with E-state index in [1.54, 1.807) is 0 Å². The second kappa shape index (κ2) is 6.65. The van der Waals surface area contributed by atoms with Crippen LogP contribution in [0.4, 0.5) is 10.5 Å². The number of hydrogen-bond acceptors (Lipinski definition) is 1. The van der Waals surface area contributed by atoms with Gasteiger partial charge in [-0.3, -0.25) is 0 Å². The summed E-state index contributed by atoms with van der Waals surface area (Å²) in [6.07, 6.45) is 4.13. The monoisotopic (exact) mass is 294 g/mol. The summed E-state index contributed by atoms with van der Waals surface area (Å²) in [6.45, 7) is 2.09. The van der Waals surface area contributed by atoms with Crippen LogP contribution in [0.15, 0.2) is 48.5 Å². The van der Waals surface area contributed by atoms with Crippen LogP contribution in [-0.4, -0.2) is 6.03 Å². The molecule has 0 bridgehead atoms. The Balaban J connectivity index is 1.70. The van der Waals surface area contributed by atoms with Crippen molar-refractivity contribution in [1.29, 1.82) is 0 Å². The standard InChI is InChI=1S/C19H22N2O/c1-2-14-8-4-6-12-17(14)20-19(22)21-18-13-7-10-15-9-3-5-11-16(15)18/h3-6,8-9,11-12,18H,2,7,10,13H2,1H3,(H2,20,21,22)/t18-/m1/s1. The fraction of sp³-hybridized carbons (Fsp3) is 0.316. The van der Waals surface area contributed by atoms with Crippen LogP contribution in [0.2, 0.25) is 0 Å². The molecule has 22 heavy (non-hydrogen) atoms. The van der Waals surface area contributed by atoms with Crippen molar-refractivity contribution < 1.29 is 4.79 Å². The van der Waals surface area contributed by atoms with Gasteiger partial charge in [0.2, 0.25) is 0 Å². The van der Waals surface area contributed by atoms with Crippen molar-refractivity contribution >= 4 is 11.7 Å². The fourth-order valence-electron chi connectivity index (χ4n) is 3.17. The summed E-state index contributed by atoms with van der Waals surface area (Å²) < 4.78 is 0. The van der Waals surface area contributed by atoms with E-state index in [-0.39, 0.29) is 12.1 Å². The lowest BCUT2D eigenvalue weighted by Gasteiger charge is -2.26. The number of aryl methyl sites for hydroxylation is 2. The van der Waals surface area contributed by atoms with Crippen molar-refractivity contribution in [2.75, 3.05) is 5.32 Å². The van der Waals surface area contributed by atoms with Gasteiger partial charge in [-0.05, 0) is 48.4 Å². The third kappa shape index (κ3) is 3.14. The van der Waals surface area contributed by atoms with Crippen molar-refractivity contribution in [2.45, 2.75) is 38.6 Å². The number of urea groups is 1. The summed E-state index contributed by atoms with van der Waals surface area (Å²) in [5, 5.41) is 6.11. The zero-order chi connectivity index (χ0) is 15.4. The fourth-order valence-corrected chi connectivity index (χ4v) is 3.17. The maximum absolute atomic E-state index is 12.3. The molecular weight excluding hydrogens is 272 g/mol. The first-order valence-electron chi connectivity index (χ1n) is 8.01. The average molecular weight is 294 g/mol. The van der Waals surface area contributed by atoms with Crippen LogP contribution >= 0.6 is 0 Å². The molecule has 3 rings (SSSR count). The number of benzene rings is 2. The average Bonchev–Trinajstić information content (AvgIpc) is 2.55. The molecule has 0 spiro atoms. The Labute approximate surface area is 131 Å². The largest absolute Gasteiger partial charge is 0.331 e. The lowest BCUT2D eigenvalue weighted by molar-refractivity contribution is 0.247. The van der Waals surface area contributed by atoms with Gasteiger partial charge in [0.05, 0.1) is 6.04 Å². The Hall–Kier alpha value is -2.29. The van der Waals surface area contributed by atoms with Crippen LogP contribution in [0.25, 0.3) is 0 Å². The van der Waals surface area contributed by atoms with Crippen LogP contribution in [-0.2, 0) is 12.8 Å². The molecule has 2 aromatic rings. The maximum Gasteiger partial charge on any atom is 0.319 e. The molecule has 1 atom stereocenters. The Morgan fingerprint density at radius 2 is 1.91 bits per heavy atom. The topological polar surface area (TPSA) is 41.1 Å². The van der Waals surface area contributed by atoms with E-state index < -0.39 is 0 Å². The van der Waals surface area contributed by atoms with Gasteiger partial charge in [0.25, 0.3) is 0 Å². The molecule has 114 valence electrons. The zero-order valence-electron chi connectivity index (χ0n) is 12.9. The van der Waals surface area contributed by atoms with Crippen LogP contribution in [0.3, 0.4) is 0 Å². The molecule has 0 heterocycles. The van der Waals surface area contributed by atoms with Gasteiger partial charge >= 0.3 is 6.03 Å². The minimum Gasteiger partial charge on any atom is -0.331 e. The van der Waals surface area contributed by atoms with Crippen molar-refractivity contribution in [2.24, 2.45) is 0 Å². The number of para-hydroxylation sites is 1. The van der Waals surface area contributed by atoms with Crippen LogP contribution < -0.4 is 10.6 Å². The van der Waals surface area contributed by atoms with E-state index in [0.29, 0.717) is 0 Å². The Bertz CT molecular complexity index is 666. The lowest BCUT2D eigenvalue weighted by Crippen LogP contribution is -2.34. The first-order chi connectivity index (χ1) is 10.8. The zero-order valence-corrected chi connectivity index (χ0v) is 12.9. The van der Waals surface area contributed by atoms with E-state index in [1.165, 1.54) is 11.1 Å². The first-order valence-corrected chi connectivity index (χ1v) is 8.01. The number of amides is 2. The van der Waals surface area contributed by atoms with E-state index in [0.717, 1.165) is 36.9 Å². The number of carbonyl (C=O) groups excluding carboxylic acids is 1. The molecule has 0 saturated heterocycles. The normalized spacial score (nSPS) is 16.7. The number of rotatable bonds is 3. The highest BCUT2D eigenvalue weighted by Crippen LogP contribution is 2.29. The van der Waals surface area contributed by atoms with Gasteiger partial charge in [0.15, 0.2) is 0 Å². The molecule has 0 aliphatic heterocycles. The van der Waals surface area contributed by atoms with Crippen LogP contribution in [0.1, 0.15) is 42.5 Å². The second-order valence-corrected chi connectivity index (χ2v) is 5.75. The number of carbonyl (C=O) groups is 1. The molecular formula is C19H22N2O. The predicted octanol–water partition coefficient (Wildman–Crippen LogP) is 4.45. The van der Waals surface area contributed by atoms with E-state index in [2.05, 4.69) is 35.8 Å². The molecule has 2 N–H and O–H groups in total. The number of anilines is 1.